The Hall–Kier alpha value is -5.09. The highest BCUT2D eigenvalue weighted by Crippen LogP contribution is 2.32. The number of hydrazine groups is 1. The number of carbonyl (C=O) groups excluding carboxylic acids is 2. The predicted octanol–water partition coefficient (Wildman–Crippen LogP) is 6.32. The molecule has 0 saturated carbocycles. The lowest BCUT2D eigenvalue weighted by molar-refractivity contribution is -0.155. The van der Waals surface area contributed by atoms with E-state index < -0.39 is 0 Å². The van der Waals surface area contributed by atoms with Crippen molar-refractivity contribution in [2.45, 2.75) is 39.3 Å². The molecule has 0 spiro atoms. The standard InChI is InChI=1S/C37H40FN5O4/c1-24(44)41(22-26-9-12-36(46-3)37(17-26)47-4)23-30(18-28-20-39-34-8-6-5-7-31(28)34)43(25(2)45)42-15-13-27(14-16-42)33-21-40-35-11-10-29(38)19-32(33)35/h5-13,17,19-21,30,39-40H,14-16,18,22-23H2,1-4H3/t30-/m1/s1. The summed E-state index contributed by atoms with van der Waals surface area (Å²) in [5, 5.41) is 5.82. The first-order valence-electron chi connectivity index (χ1n) is 15.8. The molecule has 3 heterocycles. The number of ether oxygens (including phenoxy) is 2. The lowest BCUT2D eigenvalue weighted by atomic mass is 9.99. The number of amides is 2. The van der Waals surface area contributed by atoms with Crippen LogP contribution in [0.4, 0.5) is 4.39 Å². The van der Waals surface area contributed by atoms with Gasteiger partial charge in [0, 0.05) is 79.8 Å². The quantitative estimate of drug-likeness (QED) is 0.177. The summed E-state index contributed by atoms with van der Waals surface area (Å²) in [5.41, 5.74) is 5.94. The van der Waals surface area contributed by atoms with Crippen LogP contribution < -0.4 is 9.47 Å². The van der Waals surface area contributed by atoms with E-state index in [1.54, 1.807) is 45.1 Å². The largest absolute Gasteiger partial charge is 0.493 e. The molecule has 0 fully saturated rings. The van der Waals surface area contributed by atoms with Crippen molar-refractivity contribution in [3.63, 3.8) is 0 Å². The van der Waals surface area contributed by atoms with Crippen molar-refractivity contribution in [3.05, 3.63) is 102 Å². The number of carbonyl (C=O) groups is 2. The number of benzene rings is 3. The Morgan fingerprint density at radius 2 is 1.68 bits per heavy atom. The molecule has 9 nitrogen and oxygen atoms in total. The minimum absolute atomic E-state index is 0.0976. The van der Waals surface area contributed by atoms with Gasteiger partial charge in [-0.05, 0) is 65.9 Å². The molecule has 0 bridgehead atoms. The fraction of sp³-hybridized carbons (Fsp3) is 0.297. The first kappa shape index (κ1) is 31.9. The summed E-state index contributed by atoms with van der Waals surface area (Å²) in [5.74, 6) is 0.724. The van der Waals surface area contributed by atoms with E-state index in [0.29, 0.717) is 50.5 Å². The third kappa shape index (κ3) is 6.73. The smallest absolute Gasteiger partial charge is 0.234 e. The van der Waals surface area contributed by atoms with E-state index in [-0.39, 0.29) is 23.7 Å². The highest BCUT2D eigenvalue weighted by molar-refractivity contribution is 5.93. The Kier molecular flexibility index (Phi) is 9.31. The normalized spacial score (nSPS) is 14.2. The fourth-order valence-corrected chi connectivity index (χ4v) is 6.69. The van der Waals surface area contributed by atoms with Crippen molar-refractivity contribution in [1.29, 1.82) is 0 Å². The number of nitrogens with one attached hydrogen (secondary N) is 2. The number of aromatic nitrogens is 2. The second-order valence-corrected chi connectivity index (χ2v) is 12.0. The molecule has 1 atom stereocenters. The highest BCUT2D eigenvalue weighted by Gasteiger charge is 2.32. The molecule has 0 unspecified atom stereocenters. The maximum Gasteiger partial charge on any atom is 0.234 e. The molecule has 1 aliphatic rings. The van der Waals surface area contributed by atoms with Crippen LogP contribution in [-0.2, 0) is 22.6 Å². The molecule has 0 saturated heterocycles. The minimum Gasteiger partial charge on any atom is -0.493 e. The number of hydrogen-bond donors (Lipinski definition) is 2. The molecule has 3 aromatic carbocycles. The van der Waals surface area contributed by atoms with E-state index >= 15 is 0 Å². The Labute approximate surface area is 273 Å². The zero-order valence-electron chi connectivity index (χ0n) is 27.2. The summed E-state index contributed by atoms with van der Waals surface area (Å²) < 4.78 is 25.0. The number of methoxy groups -OCH3 is 2. The Balaban J connectivity index is 1.31. The van der Waals surface area contributed by atoms with Crippen LogP contribution in [0.25, 0.3) is 27.4 Å². The van der Waals surface area contributed by atoms with Crippen molar-refractivity contribution < 1.29 is 23.5 Å². The number of aromatic amines is 2. The van der Waals surface area contributed by atoms with Crippen molar-refractivity contribution >= 4 is 39.2 Å². The monoisotopic (exact) mass is 637 g/mol. The molecule has 2 aromatic heterocycles. The maximum absolute atomic E-state index is 14.1. The second kappa shape index (κ2) is 13.7. The first-order valence-corrected chi connectivity index (χ1v) is 15.8. The van der Waals surface area contributed by atoms with Crippen LogP contribution >= 0.6 is 0 Å². The second-order valence-electron chi connectivity index (χ2n) is 12.0. The molecular formula is C37H40FN5O4. The number of para-hydroxylation sites is 1. The maximum atomic E-state index is 14.1. The number of rotatable bonds is 11. The highest BCUT2D eigenvalue weighted by atomic mass is 19.1. The van der Waals surface area contributed by atoms with Gasteiger partial charge in [-0.3, -0.25) is 14.6 Å². The van der Waals surface area contributed by atoms with E-state index in [0.717, 1.165) is 44.1 Å². The van der Waals surface area contributed by atoms with Gasteiger partial charge in [-0.1, -0.05) is 30.3 Å². The van der Waals surface area contributed by atoms with Gasteiger partial charge in [-0.25, -0.2) is 9.40 Å². The van der Waals surface area contributed by atoms with Gasteiger partial charge >= 0.3 is 0 Å². The summed E-state index contributed by atoms with van der Waals surface area (Å²) in [6, 6.07) is 18.1. The van der Waals surface area contributed by atoms with E-state index in [9.17, 15) is 14.0 Å². The molecule has 2 amide bonds. The van der Waals surface area contributed by atoms with Crippen LogP contribution in [0.3, 0.4) is 0 Å². The predicted molar refractivity (Wildman–Crippen MR) is 181 cm³/mol. The summed E-state index contributed by atoms with van der Waals surface area (Å²) in [6.45, 7) is 4.88. The average molecular weight is 638 g/mol. The zero-order valence-corrected chi connectivity index (χ0v) is 27.2. The third-order valence-corrected chi connectivity index (χ3v) is 8.98. The molecule has 2 N–H and O–H groups in total. The van der Waals surface area contributed by atoms with Crippen LogP contribution in [0.15, 0.2) is 79.1 Å². The van der Waals surface area contributed by atoms with Gasteiger partial charge < -0.3 is 24.3 Å². The Morgan fingerprint density at radius 1 is 0.915 bits per heavy atom. The minimum atomic E-state index is -0.354. The molecular weight excluding hydrogens is 597 g/mol. The number of fused-ring (bicyclic) bond motifs is 2. The van der Waals surface area contributed by atoms with Gasteiger partial charge in [0.25, 0.3) is 0 Å². The van der Waals surface area contributed by atoms with Gasteiger partial charge in [0.2, 0.25) is 11.8 Å². The number of halogens is 1. The fourth-order valence-electron chi connectivity index (χ4n) is 6.69. The Bertz CT molecular complexity index is 1950. The van der Waals surface area contributed by atoms with Crippen LogP contribution in [0.1, 0.15) is 37.0 Å². The van der Waals surface area contributed by atoms with Crippen LogP contribution in [0, 0.1) is 5.82 Å². The summed E-state index contributed by atoms with van der Waals surface area (Å²) in [6.07, 6.45) is 7.24. The molecule has 6 rings (SSSR count). The zero-order chi connectivity index (χ0) is 33.1. The van der Waals surface area contributed by atoms with Crippen LogP contribution in [-0.4, -0.2) is 76.6 Å². The lowest BCUT2D eigenvalue weighted by Gasteiger charge is -2.43. The molecule has 10 heteroatoms. The van der Waals surface area contributed by atoms with Gasteiger partial charge in [-0.2, -0.15) is 0 Å². The van der Waals surface area contributed by atoms with Gasteiger partial charge in [0.05, 0.1) is 20.3 Å². The van der Waals surface area contributed by atoms with Gasteiger partial charge in [0.1, 0.15) is 5.82 Å². The first-order chi connectivity index (χ1) is 22.7. The SMILES string of the molecule is COc1ccc(CN(C[C@@H](Cc2c[nH]c3ccccc23)N(C(C)=O)N2CC=C(c3c[nH]c4ccc(F)cc34)CC2)C(C)=O)cc1OC. The third-order valence-electron chi connectivity index (χ3n) is 8.98. The lowest BCUT2D eigenvalue weighted by Crippen LogP contribution is -2.57. The molecule has 5 aromatic rings. The van der Waals surface area contributed by atoms with Crippen molar-refractivity contribution in [2.75, 3.05) is 33.9 Å². The summed E-state index contributed by atoms with van der Waals surface area (Å²) >= 11 is 0. The molecule has 47 heavy (non-hydrogen) atoms. The molecule has 0 radical (unpaired) electrons. The van der Waals surface area contributed by atoms with E-state index in [4.69, 9.17) is 9.47 Å². The number of nitrogens with zero attached hydrogens (tertiary/aromatic N) is 3. The average Bonchev–Trinajstić information content (AvgIpc) is 3.68. The summed E-state index contributed by atoms with van der Waals surface area (Å²) in [7, 11) is 3.17. The number of hydrogen-bond acceptors (Lipinski definition) is 5. The molecule has 0 aliphatic carbocycles. The topological polar surface area (TPSA) is 93.9 Å². The number of H-pyrrole nitrogens is 2. The summed E-state index contributed by atoms with van der Waals surface area (Å²) in [4.78, 5) is 35.1. The van der Waals surface area contributed by atoms with E-state index in [1.165, 1.54) is 6.07 Å². The van der Waals surface area contributed by atoms with Crippen LogP contribution in [0.2, 0.25) is 0 Å². The molecule has 244 valence electrons. The molecule has 1 aliphatic heterocycles. The van der Waals surface area contributed by atoms with Gasteiger partial charge in [-0.15, -0.1) is 0 Å². The van der Waals surface area contributed by atoms with E-state index in [1.807, 2.05) is 53.8 Å². The van der Waals surface area contributed by atoms with Crippen molar-refractivity contribution in [2.24, 2.45) is 0 Å². The van der Waals surface area contributed by atoms with E-state index in [2.05, 4.69) is 27.1 Å². The van der Waals surface area contributed by atoms with Crippen LogP contribution in [0.5, 0.6) is 11.5 Å². The van der Waals surface area contributed by atoms with Crippen molar-refractivity contribution in [3.8, 4) is 11.5 Å². The van der Waals surface area contributed by atoms with Gasteiger partial charge in [0.15, 0.2) is 11.5 Å². The van der Waals surface area contributed by atoms with Crippen molar-refractivity contribution in [1.82, 2.24) is 24.9 Å². The Morgan fingerprint density at radius 3 is 2.40 bits per heavy atom.